The monoisotopic (exact) mass is 341 g/mol. The maximum Gasteiger partial charge on any atom is 0.315 e. The van der Waals surface area contributed by atoms with Crippen LogP contribution in [0.1, 0.15) is 17.5 Å². The van der Waals surface area contributed by atoms with E-state index in [4.69, 9.17) is 0 Å². The molecule has 0 spiro atoms. The molecule has 0 aliphatic carbocycles. The third kappa shape index (κ3) is 4.15. The van der Waals surface area contributed by atoms with Gasteiger partial charge in [-0.1, -0.05) is 29.8 Å². The Morgan fingerprint density at radius 2 is 1.84 bits per heavy atom. The zero-order valence-corrected chi connectivity index (χ0v) is 14.0. The molecular weight excluding hydrogens is 321 g/mol. The van der Waals surface area contributed by atoms with Crippen molar-refractivity contribution < 1.29 is 14.0 Å². The van der Waals surface area contributed by atoms with Gasteiger partial charge in [0.15, 0.2) is 0 Å². The fourth-order valence-electron chi connectivity index (χ4n) is 2.79. The molecule has 0 bridgehead atoms. The molecule has 1 heterocycles. The highest BCUT2D eigenvalue weighted by Crippen LogP contribution is 2.21. The normalized spacial score (nSPS) is 16.8. The molecule has 5 nitrogen and oxygen atoms in total. The minimum absolute atomic E-state index is 0.183. The lowest BCUT2D eigenvalue weighted by Crippen LogP contribution is -2.45. The molecule has 25 heavy (non-hydrogen) atoms. The van der Waals surface area contributed by atoms with E-state index in [1.54, 1.807) is 17.0 Å². The molecule has 0 saturated carbocycles. The summed E-state index contributed by atoms with van der Waals surface area (Å²) in [5, 5.41) is 5.46. The molecule has 0 aromatic heterocycles. The molecule has 0 unspecified atom stereocenters. The number of nitrogens with one attached hydrogen (secondary N) is 2. The minimum atomic E-state index is -0.567. The van der Waals surface area contributed by atoms with Gasteiger partial charge in [-0.2, -0.15) is 0 Å². The summed E-state index contributed by atoms with van der Waals surface area (Å²) in [6, 6.07) is 12.7. The van der Waals surface area contributed by atoms with Crippen molar-refractivity contribution in [2.45, 2.75) is 25.9 Å². The third-order valence-corrected chi connectivity index (χ3v) is 4.22. The Bertz CT molecular complexity index is 759. The van der Waals surface area contributed by atoms with Crippen LogP contribution >= 0.6 is 0 Å². The fourth-order valence-corrected chi connectivity index (χ4v) is 2.79. The molecule has 3 amide bonds. The fraction of sp³-hybridized carbons (Fsp3) is 0.263. The first kappa shape index (κ1) is 17.0. The van der Waals surface area contributed by atoms with E-state index in [-0.39, 0.29) is 17.8 Å². The minimum Gasteiger partial charge on any atom is -0.334 e. The first-order valence-electron chi connectivity index (χ1n) is 8.20. The van der Waals surface area contributed by atoms with Crippen molar-refractivity contribution in [3.8, 4) is 0 Å². The van der Waals surface area contributed by atoms with Gasteiger partial charge in [0.2, 0.25) is 5.91 Å². The van der Waals surface area contributed by atoms with E-state index in [9.17, 15) is 14.0 Å². The Kier molecular flexibility index (Phi) is 4.97. The Balaban J connectivity index is 1.52. The van der Waals surface area contributed by atoms with Crippen LogP contribution in [0.3, 0.4) is 0 Å². The third-order valence-electron chi connectivity index (χ3n) is 4.22. The van der Waals surface area contributed by atoms with Crippen LogP contribution in [-0.4, -0.2) is 24.5 Å². The summed E-state index contributed by atoms with van der Waals surface area (Å²) >= 11 is 0. The quantitative estimate of drug-likeness (QED) is 0.898. The number of benzene rings is 2. The molecule has 2 aromatic carbocycles. The highest BCUT2D eigenvalue weighted by atomic mass is 19.1. The molecule has 130 valence electrons. The Morgan fingerprint density at radius 3 is 2.52 bits per heavy atom. The van der Waals surface area contributed by atoms with Gasteiger partial charge < -0.3 is 15.5 Å². The zero-order valence-electron chi connectivity index (χ0n) is 14.0. The van der Waals surface area contributed by atoms with Gasteiger partial charge >= 0.3 is 6.03 Å². The van der Waals surface area contributed by atoms with Crippen LogP contribution in [0, 0.1) is 12.7 Å². The zero-order chi connectivity index (χ0) is 17.8. The molecule has 3 rings (SSSR count). The van der Waals surface area contributed by atoms with Gasteiger partial charge in [0.1, 0.15) is 11.9 Å². The number of halogens is 1. The molecule has 1 saturated heterocycles. The van der Waals surface area contributed by atoms with Gasteiger partial charge in [-0.25, -0.2) is 9.18 Å². The second kappa shape index (κ2) is 7.34. The van der Waals surface area contributed by atoms with Crippen molar-refractivity contribution in [3.05, 3.63) is 65.5 Å². The number of carbonyl (C=O) groups is 2. The summed E-state index contributed by atoms with van der Waals surface area (Å²) in [4.78, 5) is 26.0. The highest BCUT2D eigenvalue weighted by Gasteiger charge is 2.33. The Labute approximate surface area is 145 Å². The number of carbonyl (C=O) groups excluding carboxylic acids is 2. The van der Waals surface area contributed by atoms with E-state index in [1.165, 1.54) is 12.1 Å². The second-order valence-corrected chi connectivity index (χ2v) is 6.12. The standard InChI is InChI=1S/C19H20FN3O2/c1-13-2-4-14(5-3-13)12-21-19(25)22-17-10-11-23(18(17)24)16-8-6-15(20)7-9-16/h2-9,17H,10-12H2,1H3,(H2,21,22,25)/t17-/m1/s1. The van der Waals surface area contributed by atoms with Crippen molar-refractivity contribution in [1.82, 2.24) is 10.6 Å². The molecule has 6 heteroatoms. The van der Waals surface area contributed by atoms with Crippen LogP contribution in [0.4, 0.5) is 14.9 Å². The summed E-state index contributed by atoms with van der Waals surface area (Å²) in [6.45, 7) is 2.89. The molecule has 0 radical (unpaired) electrons. The molecule has 1 atom stereocenters. The van der Waals surface area contributed by atoms with Crippen LogP contribution in [0.15, 0.2) is 48.5 Å². The summed E-state index contributed by atoms with van der Waals surface area (Å²) < 4.78 is 13.0. The van der Waals surface area contributed by atoms with Gasteiger partial charge in [-0.15, -0.1) is 0 Å². The second-order valence-electron chi connectivity index (χ2n) is 6.12. The first-order chi connectivity index (χ1) is 12.0. The number of urea groups is 1. The van der Waals surface area contributed by atoms with Gasteiger partial charge in [-0.3, -0.25) is 4.79 Å². The topological polar surface area (TPSA) is 61.4 Å². The molecule has 1 aliphatic rings. The van der Waals surface area contributed by atoms with Crippen LogP contribution in [0.5, 0.6) is 0 Å². The summed E-state index contributed by atoms with van der Waals surface area (Å²) in [5.41, 5.74) is 2.79. The van der Waals surface area contributed by atoms with E-state index in [0.717, 1.165) is 11.1 Å². The number of amides is 3. The van der Waals surface area contributed by atoms with E-state index in [1.807, 2.05) is 31.2 Å². The van der Waals surface area contributed by atoms with Gasteiger partial charge in [-0.05, 0) is 43.2 Å². The van der Waals surface area contributed by atoms with Crippen LogP contribution in [0.2, 0.25) is 0 Å². The van der Waals surface area contributed by atoms with Crippen molar-refractivity contribution >= 4 is 17.6 Å². The Hall–Kier alpha value is -2.89. The number of hydrogen-bond acceptors (Lipinski definition) is 2. The smallest absolute Gasteiger partial charge is 0.315 e. The van der Waals surface area contributed by atoms with Crippen LogP contribution in [-0.2, 0) is 11.3 Å². The first-order valence-corrected chi connectivity index (χ1v) is 8.20. The highest BCUT2D eigenvalue weighted by molar-refractivity contribution is 6.01. The lowest BCUT2D eigenvalue weighted by atomic mass is 10.1. The summed E-state index contributed by atoms with van der Waals surface area (Å²) in [6.07, 6.45) is 0.522. The van der Waals surface area contributed by atoms with E-state index in [0.29, 0.717) is 25.2 Å². The van der Waals surface area contributed by atoms with Crippen molar-refractivity contribution in [1.29, 1.82) is 0 Å². The van der Waals surface area contributed by atoms with Crippen molar-refractivity contribution in [3.63, 3.8) is 0 Å². The van der Waals surface area contributed by atoms with Crippen molar-refractivity contribution in [2.24, 2.45) is 0 Å². The lowest BCUT2D eigenvalue weighted by Gasteiger charge is -2.17. The van der Waals surface area contributed by atoms with Gasteiger partial charge in [0.25, 0.3) is 0 Å². The van der Waals surface area contributed by atoms with Crippen molar-refractivity contribution in [2.75, 3.05) is 11.4 Å². The number of nitrogens with zero attached hydrogens (tertiary/aromatic N) is 1. The van der Waals surface area contributed by atoms with E-state index in [2.05, 4.69) is 10.6 Å². The predicted molar refractivity (Wildman–Crippen MR) is 93.7 cm³/mol. The maximum atomic E-state index is 13.0. The van der Waals surface area contributed by atoms with Crippen LogP contribution < -0.4 is 15.5 Å². The number of rotatable bonds is 4. The molecular formula is C19H20FN3O2. The number of aryl methyl sites for hydroxylation is 1. The SMILES string of the molecule is Cc1ccc(CNC(=O)N[C@@H]2CCN(c3ccc(F)cc3)C2=O)cc1. The Morgan fingerprint density at radius 1 is 1.16 bits per heavy atom. The average Bonchev–Trinajstić information content (AvgIpc) is 2.96. The summed E-state index contributed by atoms with van der Waals surface area (Å²) in [5.74, 6) is -0.530. The van der Waals surface area contributed by atoms with E-state index < -0.39 is 6.04 Å². The predicted octanol–water partition coefficient (Wildman–Crippen LogP) is 2.74. The molecule has 2 N–H and O–H groups in total. The van der Waals surface area contributed by atoms with Gasteiger partial charge in [0, 0.05) is 18.8 Å². The molecule has 1 aliphatic heterocycles. The maximum absolute atomic E-state index is 13.0. The van der Waals surface area contributed by atoms with Gasteiger partial charge in [0.05, 0.1) is 0 Å². The summed E-state index contributed by atoms with van der Waals surface area (Å²) in [7, 11) is 0. The lowest BCUT2D eigenvalue weighted by molar-refractivity contribution is -0.118. The van der Waals surface area contributed by atoms with E-state index >= 15 is 0 Å². The average molecular weight is 341 g/mol. The molecule has 2 aromatic rings. The number of anilines is 1. The molecule has 1 fully saturated rings. The number of hydrogen-bond donors (Lipinski definition) is 2. The van der Waals surface area contributed by atoms with Crippen LogP contribution in [0.25, 0.3) is 0 Å². The largest absolute Gasteiger partial charge is 0.334 e.